The smallest absolute Gasteiger partial charge is 0.223 e. The average molecular weight is 287 g/mol. The molecule has 0 saturated carbocycles. The SMILES string of the molecule is O=C(NCc1ccc(-c2ccsc2)o1)[C@H]1CC=CCC1. The number of nitrogens with one attached hydrogen (secondary N) is 1. The van der Waals surface area contributed by atoms with Crippen LogP contribution in [0.25, 0.3) is 11.3 Å². The molecule has 3 rings (SSSR count). The number of hydrogen-bond acceptors (Lipinski definition) is 3. The van der Waals surface area contributed by atoms with Gasteiger partial charge in [0, 0.05) is 16.9 Å². The summed E-state index contributed by atoms with van der Waals surface area (Å²) in [5.74, 6) is 1.90. The van der Waals surface area contributed by atoms with Crippen molar-refractivity contribution in [1.82, 2.24) is 5.32 Å². The Kier molecular flexibility index (Phi) is 4.02. The molecule has 0 fully saturated rings. The topological polar surface area (TPSA) is 42.2 Å². The Labute approximate surface area is 122 Å². The van der Waals surface area contributed by atoms with Crippen LogP contribution in [0.1, 0.15) is 25.0 Å². The van der Waals surface area contributed by atoms with E-state index >= 15 is 0 Å². The van der Waals surface area contributed by atoms with E-state index in [0.29, 0.717) is 6.54 Å². The number of hydrogen-bond donors (Lipinski definition) is 1. The molecule has 1 amide bonds. The Hall–Kier alpha value is -1.81. The molecule has 0 aromatic carbocycles. The summed E-state index contributed by atoms with van der Waals surface area (Å²) in [7, 11) is 0. The van der Waals surface area contributed by atoms with Gasteiger partial charge in [-0.25, -0.2) is 0 Å². The fourth-order valence-corrected chi connectivity index (χ4v) is 3.03. The first kappa shape index (κ1) is 13.2. The predicted molar refractivity (Wildman–Crippen MR) is 80.3 cm³/mol. The molecule has 2 aromatic rings. The van der Waals surface area contributed by atoms with Gasteiger partial charge in [-0.1, -0.05) is 12.2 Å². The standard InChI is InChI=1S/C16H17NO2S/c18-16(12-4-2-1-3-5-12)17-10-14-6-7-15(19-14)13-8-9-20-11-13/h1-2,6-9,11-12H,3-5,10H2,(H,17,18)/t12-/m0/s1. The van der Waals surface area contributed by atoms with Crippen LogP contribution in [0.5, 0.6) is 0 Å². The third-order valence-corrected chi connectivity index (χ3v) is 4.23. The Morgan fingerprint density at radius 3 is 3.05 bits per heavy atom. The van der Waals surface area contributed by atoms with E-state index in [1.807, 2.05) is 23.6 Å². The maximum absolute atomic E-state index is 12.0. The van der Waals surface area contributed by atoms with Gasteiger partial charge in [-0.3, -0.25) is 4.79 Å². The van der Waals surface area contributed by atoms with E-state index in [-0.39, 0.29) is 11.8 Å². The van der Waals surface area contributed by atoms with Crippen LogP contribution >= 0.6 is 11.3 Å². The second kappa shape index (κ2) is 6.09. The van der Waals surface area contributed by atoms with E-state index < -0.39 is 0 Å². The number of allylic oxidation sites excluding steroid dienone is 2. The summed E-state index contributed by atoms with van der Waals surface area (Å²) in [4.78, 5) is 12.0. The molecule has 1 aliphatic rings. The normalized spacial score (nSPS) is 18.1. The minimum atomic E-state index is 0.117. The molecule has 20 heavy (non-hydrogen) atoms. The zero-order valence-corrected chi connectivity index (χ0v) is 12.0. The van der Waals surface area contributed by atoms with Crippen molar-refractivity contribution < 1.29 is 9.21 Å². The van der Waals surface area contributed by atoms with Crippen LogP contribution in [0, 0.1) is 5.92 Å². The molecule has 104 valence electrons. The lowest BCUT2D eigenvalue weighted by Gasteiger charge is -2.16. The molecule has 0 unspecified atom stereocenters. The van der Waals surface area contributed by atoms with E-state index in [9.17, 15) is 4.79 Å². The quantitative estimate of drug-likeness (QED) is 0.864. The van der Waals surface area contributed by atoms with Gasteiger partial charge in [-0.15, -0.1) is 0 Å². The van der Waals surface area contributed by atoms with Crippen LogP contribution in [-0.4, -0.2) is 5.91 Å². The van der Waals surface area contributed by atoms with Gasteiger partial charge in [0.05, 0.1) is 6.54 Å². The molecular weight excluding hydrogens is 270 g/mol. The third-order valence-electron chi connectivity index (χ3n) is 3.54. The lowest BCUT2D eigenvalue weighted by molar-refractivity contribution is -0.125. The first-order valence-electron chi connectivity index (χ1n) is 6.87. The van der Waals surface area contributed by atoms with Crippen molar-refractivity contribution in [3.05, 3.63) is 46.9 Å². The van der Waals surface area contributed by atoms with Crippen LogP contribution in [-0.2, 0) is 11.3 Å². The summed E-state index contributed by atoms with van der Waals surface area (Å²) in [5, 5.41) is 7.04. The fourth-order valence-electron chi connectivity index (χ4n) is 2.38. The van der Waals surface area contributed by atoms with Crippen molar-refractivity contribution in [2.45, 2.75) is 25.8 Å². The number of thiophene rings is 1. The number of furan rings is 1. The van der Waals surface area contributed by atoms with E-state index in [0.717, 1.165) is 36.3 Å². The van der Waals surface area contributed by atoms with Gasteiger partial charge in [-0.05, 0) is 42.8 Å². The van der Waals surface area contributed by atoms with Gasteiger partial charge < -0.3 is 9.73 Å². The molecular formula is C16H17NO2S. The van der Waals surface area contributed by atoms with Crippen LogP contribution in [0.4, 0.5) is 0 Å². The highest BCUT2D eigenvalue weighted by Gasteiger charge is 2.18. The van der Waals surface area contributed by atoms with Gasteiger partial charge in [0.25, 0.3) is 0 Å². The van der Waals surface area contributed by atoms with Crippen molar-refractivity contribution >= 4 is 17.2 Å². The highest BCUT2D eigenvalue weighted by molar-refractivity contribution is 7.08. The number of carbonyl (C=O) groups is 1. The highest BCUT2D eigenvalue weighted by atomic mass is 32.1. The molecule has 0 radical (unpaired) electrons. The van der Waals surface area contributed by atoms with Gasteiger partial charge in [-0.2, -0.15) is 11.3 Å². The molecule has 1 N–H and O–H groups in total. The summed E-state index contributed by atoms with van der Waals surface area (Å²) < 4.78 is 5.74. The molecule has 2 heterocycles. The molecule has 0 bridgehead atoms. The fraction of sp³-hybridized carbons (Fsp3) is 0.312. The first-order valence-corrected chi connectivity index (χ1v) is 7.81. The largest absolute Gasteiger partial charge is 0.459 e. The average Bonchev–Trinajstić information content (AvgIpc) is 3.16. The van der Waals surface area contributed by atoms with Gasteiger partial charge in [0.15, 0.2) is 0 Å². The van der Waals surface area contributed by atoms with Crippen molar-refractivity contribution in [1.29, 1.82) is 0 Å². The minimum Gasteiger partial charge on any atom is -0.459 e. The Morgan fingerprint density at radius 2 is 2.30 bits per heavy atom. The lowest BCUT2D eigenvalue weighted by atomic mass is 9.94. The van der Waals surface area contributed by atoms with Crippen molar-refractivity contribution in [3.8, 4) is 11.3 Å². The third kappa shape index (κ3) is 3.02. The summed E-state index contributed by atoms with van der Waals surface area (Å²) in [6, 6.07) is 5.90. The molecule has 0 aliphatic heterocycles. The Bertz CT molecular complexity index is 598. The van der Waals surface area contributed by atoms with Crippen molar-refractivity contribution in [2.24, 2.45) is 5.92 Å². The van der Waals surface area contributed by atoms with Crippen molar-refractivity contribution in [2.75, 3.05) is 0 Å². The first-order chi connectivity index (χ1) is 9.83. The molecule has 0 saturated heterocycles. The van der Waals surface area contributed by atoms with Gasteiger partial charge in [0.2, 0.25) is 5.91 Å². The number of carbonyl (C=O) groups excluding carboxylic acids is 1. The maximum atomic E-state index is 12.0. The van der Waals surface area contributed by atoms with Crippen molar-refractivity contribution in [3.63, 3.8) is 0 Å². The second-order valence-electron chi connectivity index (χ2n) is 4.98. The molecule has 1 aliphatic carbocycles. The molecule has 1 atom stereocenters. The Morgan fingerprint density at radius 1 is 1.35 bits per heavy atom. The van der Waals surface area contributed by atoms with Crippen LogP contribution in [0.2, 0.25) is 0 Å². The monoisotopic (exact) mass is 287 g/mol. The highest BCUT2D eigenvalue weighted by Crippen LogP contribution is 2.24. The van der Waals surface area contributed by atoms with Gasteiger partial charge in [0.1, 0.15) is 11.5 Å². The van der Waals surface area contributed by atoms with E-state index in [1.54, 1.807) is 11.3 Å². The van der Waals surface area contributed by atoms with Crippen LogP contribution < -0.4 is 5.32 Å². The molecule has 4 heteroatoms. The van der Waals surface area contributed by atoms with E-state index in [4.69, 9.17) is 4.42 Å². The maximum Gasteiger partial charge on any atom is 0.223 e. The predicted octanol–water partition coefficient (Wildman–Crippen LogP) is 3.98. The zero-order chi connectivity index (χ0) is 13.8. The minimum absolute atomic E-state index is 0.117. The summed E-state index contributed by atoms with van der Waals surface area (Å²) in [6.45, 7) is 0.461. The van der Waals surface area contributed by atoms with Crippen LogP contribution in [0.15, 0.2) is 45.5 Å². The van der Waals surface area contributed by atoms with Crippen LogP contribution in [0.3, 0.4) is 0 Å². The zero-order valence-electron chi connectivity index (χ0n) is 11.2. The summed E-state index contributed by atoms with van der Waals surface area (Å²) >= 11 is 1.64. The molecule has 0 spiro atoms. The lowest BCUT2D eigenvalue weighted by Crippen LogP contribution is -2.30. The summed E-state index contributed by atoms with van der Waals surface area (Å²) in [5.41, 5.74) is 1.09. The van der Waals surface area contributed by atoms with Gasteiger partial charge >= 0.3 is 0 Å². The summed E-state index contributed by atoms with van der Waals surface area (Å²) in [6.07, 6.45) is 7.03. The molecule has 3 nitrogen and oxygen atoms in total. The number of amides is 1. The number of rotatable bonds is 4. The van der Waals surface area contributed by atoms with E-state index in [1.165, 1.54) is 0 Å². The second-order valence-corrected chi connectivity index (χ2v) is 5.76. The molecule has 2 aromatic heterocycles. The Balaban J connectivity index is 1.56. The van der Waals surface area contributed by atoms with E-state index in [2.05, 4.69) is 22.8 Å².